The van der Waals surface area contributed by atoms with Gasteiger partial charge in [0.2, 0.25) is 0 Å². The van der Waals surface area contributed by atoms with E-state index in [1.165, 1.54) is 16.2 Å². The quantitative estimate of drug-likeness (QED) is 0.448. The summed E-state index contributed by atoms with van der Waals surface area (Å²) in [7, 11) is 0. The Balaban J connectivity index is 1.73. The summed E-state index contributed by atoms with van der Waals surface area (Å²) in [6.45, 7) is 7.52. The molecular formula is C22H23N5OS2. The third-order valence-electron chi connectivity index (χ3n) is 4.72. The van der Waals surface area contributed by atoms with Crippen LogP contribution in [0.4, 0.5) is 0 Å². The SMILES string of the molecule is Cc1c(C(=O)NCC(C)C)cc(-c2csc(-c3cnccn3)n2)n1Cc1cccs1. The Morgan fingerprint density at radius 1 is 1.23 bits per heavy atom. The maximum Gasteiger partial charge on any atom is 0.253 e. The minimum absolute atomic E-state index is 0.0447. The third-order valence-corrected chi connectivity index (χ3v) is 6.45. The van der Waals surface area contributed by atoms with Crippen LogP contribution >= 0.6 is 22.7 Å². The van der Waals surface area contributed by atoms with E-state index in [9.17, 15) is 4.79 Å². The van der Waals surface area contributed by atoms with Crippen molar-refractivity contribution in [2.75, 3.05) is 6.54 Å². The Labute approximate surface area is 183 Å². The number of hydrogen-bond donors (Lipinski definition) is 1. The summed E-state index contributed by atoms with van der Waals surface area (Å²) in [4.78, 5) is 27.3. The first-order chi connectivity index (χ1) is 14.5. The average molecular weight is 438 g/mol. The molecule has 4 heterocycles. The van der Waals surface area contributed by atoms with Crippen molar-refractivity contribution >= 4 is 28.6 Å². The highest BCUT2D eigenvalue weighted by Crippen LogP contribution is 2.31. The molecule has 0 spiro atoms. The van der Waals surface area contributed by atoms with Gasteiger partial charge in [-0.15, -0.1) is 22.7 Å². The summed E-state index contributed by atoms with van der Waals surface area (Å²) in [6.07, 6.45) is 5.02. The Bertz CT molecular complexity index is 1130. The molecule has 0 unspecified atom stereocenters. The molecule has 0 aromatic carbocycles. The van der Waals surface area contributed by atoms with Crippen LogP contribution in [0.25, 0.3) is 22.1 Å². The first-order valence-corrected chi connectivity index (χ1v) is 11.5. The van der Waals surface area contributed by atoms with Crippen LogP contribution in [-0.2, 0) is 6.54 Å². The van der Waals surface area contributed by atoms with Gasteiger partial charge in [0, 0.05) is 34.9 Å². The zero-order chi connectivity index (χ0) is 21.1. The lowest BCUT2D eigenvalue weighted by Gasteiger charge is -2.10. The summed E-state index contributed by atoms with van der Waals surface area (Å²) >= 11 is 3.23. The molecule has 4 rings (SSSR count). The van der Waals surface area contributed by atoms with Crippen LogP contribution in [-0.4, -0.2) is 32.0 Å². The minimum atomic E-state index is -0.0447. The molecule has 0 aliphatic carbocycles. The maximum absolute atomic E-state index is 12.8. The zero-order valence-corrected chi connectivity index (χ0v) is 18.8. The highest BCUT2D eigenvalue weighted by Gasteiger charge is 2.21. The Hall–Kier alpha value is -2.84. The van der Waals surface area contributed by atoms with Crippen LogP contribution in [0, 0.1) is 12.8 Å². The monoisotopic (exact) mass is 437 g/mol. The molecule has 1 amide bonds. The number of thiophene rings is 1. The second kappa shape index (κ2) is 8.89. The molecule has 0 fully saturated rings. The van der Waals surface area contributed by atoms with E-state index in [1.54, 1.807) is 29.9 Å². The third kappa shape index (κ3) is 4.34. The van der Waals surface area contributed by atoms with Gasteiger partial charge in [-0.2, -0.15) is 0 Å². The Morgan fingerprint density at radius 2 is 2.10 bits per heavy atom. The molecule has 4 aromatic heterocycles. The molecule has 8 heteroatoms. The van der Waals surface area contributed by atoms with Crippen molar-refractivity contribution in [1.82, 2.24) is 24.8 Å². The first-order valence-electron chi connectivity index (χ1n) is 9.76. The van der Waals surface area contributed by atoms with Crippen LogP contribution in [0.2, 0.25) is 0 Å². The van der Waals surface area contributed by atoms with E-state index >= 15 is 0 Å². The number of thiazole rings is 1. The minimum Gasteiger partial charge on any atom is -0.352 e. The molecule has 0 bridgehead atoms. The normalized spacial score (nSPS) is 11.2. The van der Waals surface area contributed by atoms with Gasteiger partial charge in [0.25, 0.3) is 5.91 Å². The first kappa shape index (κ1) is 20.4. The van der Waals surface area contributed by atoms with Crippen molar-refractivity contribution in [2.24, 2.45) is 5.92 Å². The summed E-state index contributed by atoms with van der Waals surface area (Å²) < 4.78 is 2.17. The Kier molecular flexibility index (Phi) is 6.06. The van der Waals surface area contributed by atoms with E-state index in [-0.39, 0.29) is 5.91 Å². The number of rotatable bonds is 7. The highest BCUT2D eigenvalue weighted by atomic mass is 32.1. The molecule has 0 aliphatic rings. The van der Waals surface area contributed by atoms with Gasteiger partial charge in [-0.05, 0) is 30.4 Å². The lowest BCUT2D eigenvalue weighted by molar-refractivity contribution is 0.0948. The average Bonchev–Trinajstić information content (AvgIpc) is 3.49. The van der Waals surface area contributed by atoms with Gasteiger partial charge in [0.15, 0.2) is 0 Å². The highest BCUT2D eigenvalue weighted by molar-refractivity contribution is 7.13. The molecular weight excluding hydrogens is 414 g/mol. The van der Waals surface area contributed by atoms with E-state index in [1.807, 2.05) is 24.4 Å². The lowest BCUT2D eigenvalue weighted by Crippen LogP contribution is -2.27. The number of amides is 1. The van der Waals surface area contributed by atoms with Gasteiger partial charge < -0.3 is 9.88 Å². The number of nitrogens with zero attached hydrogens (tertiary/aromatic N) is 4. The van der Waals surface area contributed by atoms with Crippen molar-refractivity contribution in [3.05, 3.63) is 63.7 Å². The van der Waals surface area contributed by atoms with E-state index < -0.39 is 0 Å². The molecule has 0 aliphatic heterocycles. The van der Waals surface area contributed by atoms with Gasteiger partial charge >= 0.3 is 0 Å². The molecule has 0 radical (unpaired) electrons. The molecule has 154 valence electrons. The number of aromatic nitrogens is 4. The summed E-state index contributed by atoms with van der Waals surface area (Å²) in [6, 6.07) is 6.11. The standard InChI is InChI=1S/C22H23N5OS2/c1-14(2)10-25-21(28)17-9-20(27(15(17)3)12-16-5-4-8-29-16)19-13-30-22(26-19)18-11-23-6-7-24-18/h4-9,11,13-14H,10,12H2,1-3H3,(H,25,28). The summed E-state index contributed by atoms with van der Waals surface area (Å²) in [5.74, 6) is 0.353. The fourth-order valence-electron chi connectivity index (χ4n) is 3.16. The van der Waals surface area contributed by atoms with Crippen LogP contribution in [0.3, 0.4) is 0 Å². The maximum atomic E-state index is 12.8. The van der Waals surface area contributed by atoms with Crippen LogP contribution in [0.1, 0.15) is 34.8 Å². The van der Waals surface area contributed by atoms with Gasteiger partial charge in [0.05, 0.1) is 29.7 Å². The summed E-state index contributed by atoms with van der Waals surface area (Å²) in [5, 5.41) is 7.93. The fourth-order valence-corrected chi connectivity index (χ4v) is 4.63. The molecule has 4 aromatic rings. The van der Waals surface area contributed by atoms with Crippen molar-refractivity contribution in [2.45, 2.75) is 27.3 Å². The van der Waals surface area contributed by atoms with Crippen LogP contribution < -0.4 is 5.32 Å². The van der Waals surface area contributed by atoms with E-state index in [0.29, 0.717) is 24.6 Å². The fraction of sp³-hybridized carbons (Fsp3) is 0.273. The second-order valence-electron chi connectivity index (χ2n) is 7.43. The van der Waals surface area contributed by atoms with E-state index in [4.69, 9.17) is 4.98 Å². The van der Waals surface area contributed by atoms with Crippen LogP contribution in [0.15, 0.2) is 47.5 Å². The molecule has 30 heavy (non-hydrogen) atoms. The zero-order valence-electron chi connectivity index (χ0n) is 17.1. The van der Waals surface area contributed by atoms with E-state index in [2.05, 4.69) is 45.1 Å². The number of nitrogens with one attached hydrogen (secondary N) is 1. The topological polar surface area (TPSA) is 72.7 Å². The molecule has 6 nitrogen and oxygen atoms in total. The number of hydrogen-bond acceptors (Lipinski definition) is 6. The van der Waals surface area contributed by atoms with Gasteiger partial charge in [0.1, 0.15) is 10.7 Å². The summed E-state index contributed by atoms with van der Waals surface area (Å²) in [5.41, 5.74) is 4.15. The van der Waals surface area contributed by atoms with Crippen molar-refractivity contribution in [1.29, 1.82) is 0 Å². The Morgan fingerprint density at radius 3 is 2.80 bits per heavy atom. The van der Waals surface area contributed by atoms with Crippen LogP contribution in [0.5, 0.6) is 0 Å². The molecule has 0 atom stereocenters. The predicted molar refractivity (Wildman–Crippen MR) is 122 cm³/mol. The lowest BCUT2D eigenvalue weighted by atomic mass is 10.2. The van der Waals surface area contributed by atoms with Crippen molar-refractivity contribution in [3.63, 3.8) is 0 Å². The van der Waals surface area contributed by atoms with Crippen molar-refractivity contribution in [3.8, 4) is 22.1 Å². The van der Waals surface area contributed by atoms with Gasteiger partial charge in [-0.1, -0.05) is 19.9 Å². The molecule has 0 saturated carbocycles. The molecule has 0 saturated heterocycles. The van der Waals surface area contributed by atoms with Crippen molar-refractivity contribution < 1.29 is 4.79 Å². The smallest absolute Gasteiger partial charge is 0.253 e. The molecule has 1 N–H and O–H groups in total. The van der Waals surface area contributed by atoms with Gasteiger partial charge in [-0.3, -0.25) is 14.8 Å². The predicted octanol–water partition coefficient (Wildman–Crippen LogP) is 4.87. The van der Waals surface area contributed by atoms with Gasteiger partial charge in [-0.25, -0.2) is 4.98 Å². The van der Waals surface area contributed by atoms with E-state index in [0.717, 1.165) is 27.8 Å². The largest absolute Gasteiger partial charge is 0.352 e. The number of carbonyl (C=O) groups is 1. The number of carbonyl (C=O) groups excluding carboxylic acids is 1. The second-order valence-corrected chi connectivity index (χ2v) is 9.32.